The van der Waals surface area contributed by atoms with Crippen molar-refractivity contribution in [2.24, 2.45) is 11.7 Å². The summed E-state index contributed by atoms with van der Waals surface area (Å²) in [6.45, 7) is 1.10. The minimum atomic E-state index is -0.821. The number of nitrogens with two attached hydrogens (primary N) is 1. The zero-order chi connectivity index (χ0) is 14.0. The van der Waals surface area contributed by atoms with Crippen molar-refractivity contribution in [2.45, 2.75) is 18.9 Å². The van der Waals surface area contributed by atoms with Gasteiger partial charge in [0.1, 0.15) is 5.82 Å². The first-order chi connectivity index (χ1) is 9.00. The maximum Gasteiger partial charge on any atom is 0.313 e. The second-order valence-corrected chi connectivity index (χ2v) is 4.60. The van der Waals surface area contributed by atoms with Gasteiger partial charge in [0.2, 0.25) is 0 Å². The number of nitro benzene ring substituents is 1. The lowest BCUT2D eigenvalue weighted by Crippen LogP contribution is -2.27. The Labute approximate surface area is 121 Å². The Hall–Kier alpha value is -1.44. The van der Waals surface area contributed by atoms with E-state index in [-0.39, 0.29) is 23.9 Å². The van der Waals surface area contributed by atoms with Crippen LogP contribution in [0, 0.1) is 21.8 Å². The van der Waals surface area contributed by atoms with Gasteiger partial charge in [0.15, 0.2) is 5.75 Å². The van der Waals surface area contributed by atoms with Crippen molar-refractivity contribution in [1.29, 1.82) is 0 Å². The van der Waals surface area contributed by atoms with Gasteiger partial charge in [0.25, 0.3) is 0 Å². The number of ether oxygens (including phenoxy) is 1. The largest absolute Gasteiger partial charge is 0.502 e. The monoisotopic (exact) mass is 306 g/mol. The second kappa shape index (κ2) is 6.83. The number of nitro groups is 1. The number of hydrogen-bond donors (Lipinski definition) is 2. The molecule has 1 saturated heterocycles. The van der Waals surface area contributed by atoms with Gasteiger partial charge in [-0.2, -0.15) is 0 Å². The van der Waals surface area contributed by atoms with Gasteiger partial charge in [-0.15, -0.1) is 12.4 Å². The van der Waals surface area contributed by atoms with Crippen molar-refractivity contribution in [3.05, 3.63) is 33.6 Å². The molecule has 6 nitrogen and oxygen atoms in total. The average molecular weight is 307 g/mol. The van der Waals surface area contributed by atoms with Crippen LogP contribution in [0.3, 0.4) is 0 Å². The van der Waals surface area contributed by atoms with E-state index in [1.807, 2.05) is 0 Å². The van der Waals surface area contributed by atoms with Crippen LogP contribution >= 0.6 is 12.4 Å². The molecule has 0 bridgehead atoms. The van der Waals surface area contributed by atoms with Gasteiger partial charge in [0.05, 0.1) is 11.0 Å². The minimum absolute atomic E-state index is 0. The van der Waals surface area contributed by atoms with Gasteiger partial charge in [-0.1, -0.05) is 0 Å². The molecule has 0 aliphatic carbocycles. The molecule has 1 aromatic rings. The smallest absolute Gasteiger partial charge is 0.313 e. The summed E-state index contributed by atoms with van der Waals surface area (Å²) in [5.74, 6) is -1.31. The van der Waals surface area contributed by atoms with E-state index < -0.39 is 28.2 Å². The molecule has 0 spiro atoms. The van der Waals surface area contributed by atoms with Gasteiger partial charge in [-0.25, -0.2) is 4.39 Å². The van der Waals surface area contributed by atoms with Crippen LogP contribution < -0.4 is 5.73 Å². The minimum Gasteiger partial charge on any atom is -0.502 e. The van der Waals surface area contributed by atoms with Crippen LogP contribution in [0.25, 0.3) is 0 Å². The van der Waals surface area contributed by atoms with Crippen molar-refractivity contribution < 1.29 is 19.2 Å². The van der Waals surface area contributed by atoms with E-state index in [0.29, 0.717) is 32.1 Å². The molecule has 1 aliphatic heterocycles. The topological polar surface area (TPSA) is 98.6 Å². The number of hydrogen-bond acceptors (Lipinski definition) is 5. The maximum absolute atomic E-state index is 13.4. The van der Waals surface area contributed by atoms with Crippen molar-refractivity contribution in [3.8, 4) is 5.75 Å². The first kappa shape index (κ1) is 16.6. The number of aromatic hydroxyl groups is 1. The molecule has 1 heterocycles. The van der Waals surface area contributed by atoms with Crippen LogP contribution in [-0.4, -0.2) is 23.2 Å². The quantitative estimate of drug-likeness (QED) is 0.659. The van der Waals surface area contributed by atoms with Crippen LogP contribution in [0.15, 0.2) is 12.1 Å². The lowest BCUT2D eigenvalue weighted by Gasteiger charge is -2.28. The number of phenols is 1. The molecule has 8 heteroatoms. The Morgan fingerprint density at radius 3 is 2.60 bits per heavy atom. The highest BCUT2D eigenvalue weighted by molar-refractivity contribution is 5.85. The predicted octanol–water partition coefficient (Wildman–Crippen LogP) is 2.29. The summed E-state index contributed by atoms with van der Waals surface area (Å²) in [7, 11) is 0. The fourth-order valence-electron chi connectivity index (χ4n) is 2.33. The molecule has 0 unspecified atom stereocenters. The Morgan fingerprint density at radius 2 is 2.05 bits per heavy atom. The molecule has 1 atom stereocenters. The third kappa shape index (κ3) is 3.36. The fourth-order valence-corrected chi connectivity index (χ4v) is 2.33. The third-order valence-corrected chi connectivity index (χ3v) is 3.41. The van der Waals surface area contributed by atoms with E-state index in [4.69, 9.17) is 10.5 Å². The number of halogens is 2. The highest BCUT2D eigenvalue weighted by Crippen LogP contribution is 2.38. The van der Waals surface area contributed by atoms with Crippen LogP contribution in [0.1, 0.15) is 24.4 Å². The van der Waals surface area contributed by atoms with E-state index in [1.54, 1.807) is 0 Å². The van der Waals surface area contributed by atoms with Crippen molar-refractivity contribution in [1.82, 2.24) is 0 Å². The fraction of sp³-hybridized carbons (Fsp3) is 0.500. The molecule has 1 aliphatic rings. The molecule has 3 N–H and O–H groups in total. The number of rotatable bonds is 3. The lowest BCUT2D eigenvalue weighted by molar-refractivity contribution is -0.386. The van der Waals surface area contributed by atoms with Crippen LogP contribution in [0.4, 0.5) is 10.1 Å². The summed E-state index contributed by atoms with van der Waals surface area (Å²) in [5, 5.41) is 20.6. The first-order valence-electron chi connectivity index (χ1n) is 6.01. The summed E-state index contributed by atoms with van der Waals surface area (Å²) in [5.41, 5.74) is 5.43. The maximum atomic E-state index is 13.4. The zero-order valence-electron chi connectivity index (χ0n) is 10.6. The van der Waals surface area contributed by atoms with Gasteiger partial charge in [0, 0.05) is 24.8 Å². The Bertz CT molecular complexity index is 495. The average Bonchev–Trinajstić information content (AvgIpc) is 2.41. The van der Waals surface area contributed by atoms with Crippen LogP contribution in [0.5, 0.6) is 5.75 Å². The van der Waals surface area contributed by atoms with Crippen molar-refractivity contribution >= 4 is 18.1 Å². The highest BCUT2D eigenvalue weighted by Gasteiger charge is 2.28. The van der Waals surface area contributed by atoms with Crippen LogP contribution in [0.2, 0.25) is 0 Å². The zero-order valence-corrected chi connectivity index (χ0v) is 11.4. The lowest BCUT2D eigenvalue weighted by atomic mass is 9.87. The molecule has 20 heavy (non-hydrogen) atoms. The standard InChI is InChI=1S/C12H15FN2O4.ClH/c13-8-5-9(12(16)10(6-8)15(17)18)11(14)7-1-3-19-4-2-7;/h5-7,11,16H,1-4,14H2;1H/t11-;/m0./s1. The summed E-state index contributed by atoms with van der Waals surface area (Å²) in [4.78, 5) is 9.92. The van der Waals surface area contributed by atoms with Gasteiger partial charge < -0.3 is 15.6 Å². The van der Waals surface area contributed by atoms with E-state index >= 15 is 0 Å². The van der Waals surface area contributed by atoms with Gasteiger partial charge in [-0.3, -0.25) is 10.1 Å². The van der Waals surface area contributed by atoms with Gasteiger partial charge >= 0.3 is 5.69 Å². The molecular formula is C12H16ClFN2O4. The van der Waals surface area contributed by atoms with E-state index in [2.05, 4.69) is 0 Å². The molecule has 1 fully saturated rings. The Morgan fingerprint density at radius 1 is 1.45 bits per heavy atom. The number of benzene rings is 1. The van der Waals surface area contributed by atoms with Crippen molar-refractivity contribution in [3.63, 3.8) is 0 Å². The van der Waals surface area contributed by atoms with Crippen LogP contribution in [-0.2, 0) is 4.74 Å². The van der Waals surface area contributed by atoms with E-state index in [1.165, 1.54) is 0 Å². The first-order valence-corrected chi connectivity index (χ1v) is 6.01. The predicted molar refractivity (Wildman–Crippen MR) is 72.4 cm³/mol. The van der Waals surface area contributed by atoms with E-state index in [0.717, 1.165) is 6.07 Å². The molecule has 0 aromatic heterocycles. The number of nitrogens with zero attached hydrogens (tertiary/aromatic N) is 1. The molecule has 0 amide bonds. The normalized spacial score (nSPS) is 17.3. The highest BCUT2D eigenvalue weighted by atomic mass is 35.5. The van der Waals surface area contributed by atoms with E-state index in [9.17, 15) is 19.6 Å². The molecule has 0 radical (unpaired) electrons. The second-order valence-electron chi connectivity index (χ2n) is 4.60. The Balaban J connectivity index is 0.00000200. The summed E-state index contributed by atoms with van der Waals surface area (Å²) in [6.07, 6.45) is 1.37. The van der Waals surface area contributed by atoms with Crippen molar-refractivity contribution in [2.75, 3.05) is 13.2 Å². The SMILES string of the molecule is Cl.N[C@H](c1cc(F)cc([N+](=O)[O-])c1O)C1CCOCC1. The summed E-state index contributed by atoms with van der Waals surface area (Å²) in [6, 6.07) is 1.11. The third-order valence-electron chi connectivity index (χ3n) is 3.41. The summed E-state index contributed by atoms with van der Waals surface area (Å²) < 4.78 is 18.6. The molecule has 1 aromatic carbocycles. The Kier molecular flexibility index (Phi) is 5.67. The molecule has 2 rings (SSSR count). The van der Waals surface area contributed by atoms with Gasteiger partial charge in [-0.05, 0) is 24.8 Å². The summed E-state index contributed by atoms with van der Waals surface area (Å²) >= 11 is 0. The molecule has 0 saturated carbocycles. The molecule has 112 valence electrons. The number of phenolic OH excluding ortho intramolecular Hbond substituents is 1. The molecular weight excluding hydrogens is 291 g/mol.